The number of rotatable bonds is 12. The number of amides is 2. The van der Waals surface area contributed by atoms with Crippen LogP contribution in [-0.2, 0) is 28.7 Å². The van der Waals surface area contributed by atoms with Crippen LogP contribution in [0.5, 0.6) is 0 Å². The molecule has 234 valence electrons. The number of nitrogens with zero attached hydrogens (tertiary/aromatic N) is 4. The first-order valence-electron chi connectivity index (χ1n) is 14.6. The fraction of sp³-hybridized carbons (Fsp3) is 0.250. The molecule has 0 saturated heterocycles. The molecule has 45 heavy (non-hydrogen) atoms. The van der Waals surface area contributed by atoms with Gasteiger partial charge in [-0.05, 0) is 61.1 Å². The van der Waals surface area contributed by atoms with Crippen molar-refractivity contribution in [2.75, 3.05) is 34.2 Å². The number of carbonyl (C=O) groups excluding carboxylic acids is 2. The fourth-order valence-electron chi connectivity index (χ4n) is 4.78. The Balaban J connectivity index is 1.68. The van der Waals surface area contributed by atoms with Crippen molar-refractivity contribution in [3.63, 3.8) is 0 Å². The van der Waals surface area contributed by atoms with Crippen LogP contribution in [0.15, 0.2) is 109 Å². The van der Waals surface area contributed by atoms with Crippen molar-refractivity contribution in [3.05, 3.63) is 132 Å². The molecule has 4 aromatic rings. The lowest BCUT2D eigenvalue weighted by Crippen LogP contribution is -2.51. The molecule has 2 amide bonds. The van der Waals surface area contributed by atoms with Crippen molar-refractivity contribution in [3.8, 4) is 11.3 Å². The van der Waals surface area contributed by atoms with Crippen LogP contribution in [0.1, 0.15) is 22.3 Å². The summed E-state index contributed by atoms with van der Waals surface area (Å²) >= 11 is 0. The van der Waals surface area contributed by atoms with Crippen molar-refractivity contribution >= 4 is 17.9 Å². The first-order valence-corrected chi connectivity index (χ1v) is 14.6. The number of carbonyl (C=O) groups is 2. The highest BCUT2D eigenvalue weighted by Crippen LogP contribution is 2.29. The fourth-order valence-corrected chi connectivity index (χ4v) is 4.78. The molecule has 0 aliphatic carbocycles. The minimum absolute atomic E-state index is 0.142. The van der Waals surface area contributed by atoms with Crippen molar-refractivity contribution < 1.29 is 22.8 Å². The van der Waals surface area contributed by atoms with Crippen LogP contribution in [0.2, 0.25) is 0 Å². The number of likely N-dealkylation sites (N-methyl/N-ethyl adjacent to an activating group) is 2. The van der Waals surface area contributed by atoms with E-state index in [1.165, 1.54) is 29.2 Å². The Labute approximate surface area is 262 Å². The number of hydrogen-bond acceptors (Lipinski definition) is 4. The Kier molecular flexibility index (Phi) is 11.3. The predicted octanol–water partition coefficient (Wildman–Crippen LogP) is 6.44. The molecule has 0 aliphatic rings. The van der Waals surface area contributed by atoms with E-state index in [9.17, 15) is 22.8 Å². The van der Waals surface area contributed by atoms with Gasteiger partial charge in [-0.3, -0.25) is 14.6 Å². The zero-order valence-electron chi connectivity index (χ0n) is 25.6. The molecule has 0 saturated carbocycles. The lowest BCUT2D eigenvalue weighted by molar-refractivity contribution is -0.143. The second kappa shape index (κ2) is 15.3. The van der Waals surface area contributed by atoms with E-state index in [1.807, 2.05) is 91.8 Å². The highest BCUT2D eigenvalue weighted by Gasteiger charge is 2.32. The maximum atomic E-state index is 14.0. The highest BCUT2D eigenvalue weighted by atomic mass is 19.4. The Bertz CT molecular complexity index is 1560. The molecule has 0 N–H and O–H groups in total. The largest absolute Gasteiger partial charge is 0.416 e. The summed E-state index contributed by atoms with van der Waals surface area (Å²) in [6.45, 7) is 1.26. The monoisotopic (exact) mass is 614 g/mol. The summed E-state index contributed by atoms with van der Waals surface area (Å²) in [4.78, 5) is 37.5. The van der Waals surface area contributed by atoms with E-state index >= 15 is 0 Å². The average Bonchev–Trinajstić information content (AvgIpc) is 3.04. The molecule has 3 aromatic carbocycles. The molecule has 0 unspecified atom stereocenters. The van der Waals surface area contributed by atoms with Gasteiger partial charge in [0.15, 0.2) is 0 Å². The van der Waals surface area contributed by atoms with Crippen molar-refractivity contribution in [2.24, 2.45) is 0 Å². The zero-order chi connectivity index (χ0) is 32.4. The van der Waals surface area contributed by atoms with E-state index in [-0.39, 0.29) is 18.9 Å². The third-order valence-corrected chi connectivity index (χ3v) is 7.40. The Morgan fingerprint density at radius 3 is 2.07 bits per heavy atom. The highest BCUT2D eigenvalue weighted by molar-refractivity contribution is 5.95. The number of halogens is 3. The van der Waals surface area contributed by atoms with Crippen LogP contribution in [0.4, 0.5) is 13.2 Å². The Hall–Kier alpha value is -4.76. The van der Waals surface area contributed by atoms with E-state index in [4.69, 9.17) is 0 Å². The lowest BCUT2D eigenvalue weighted by atomic mass is 10.0. The van der Waals surface area contributed by atoms with Gasteiger partial charge in [0.25, 0.3) is 0 Å². The summed E-state index contributed by atoms with van der Waals surface area (Å²) in [6.07, 6.45) is 0.344. The van der Waals surface area contributed by atoms with Gasteiger partial charge in [0.2, 0.25) is 11.8 Å². The molecule has 0 spiro atoms. The van der Waals surface area contributed by atoms with Crippen molar-refractivity contribution in [2.45, 2.75) is 25.2 Å². The van der Waals surface area contributed by atoms with E-state index < -0.39 is 23.7 Å². The first-order chi connectivity index (χ1) is 21.5. The van der Waals surface area contributed by atoms with Gasteiger partial charge in [-0.15, -0.1) is 0 Å². The van der Waals surface area contributed by atoms with Gasteiger partial charge in [0.05, 0.1) is 11.3 Å². The van der Waals surface area contributed by atoms with Crippen molar-refractivity contribution in [1.29, 1.82) is 0 Å². The number of hydrogen-bond donors (Lipinski definition) is 0. The van der Waals surface area contributed by atoms with Crippen LogP contribution in [0.25, 0.3) is 17.3 Å². The molecule has 9 heteroatoms. The van der Waals surface area contributed by atoms with Crippen LogP contribution in [-0.4, -0.2) is 71.8 Å². The molecule has 1 atom stereocenters. The first kappa shape index (κ1) is 33.1. The van der Waals surface area contributed by atoms with Gasteiger partial charge in [-0.1, -0.05) is 72.8 Å². The number of benzene rings is 3. The predicted molar refractivity (Wildman–Crippen MR) is 171 cm³/mol. The molecule has 0 radical (unpaired) electrons. The summed E-state index contributed by atoms with van der Waals surface area (Å²) in [5.74, 6) is -0.638. The van der Waals surface area contributed by atoms with Crippen LogP contribution >= 0.6 is 0 Å². The van der Waals surface area contributed by atoms with Crippen LogP contribution < -0.4 is 0 Å². The molecule has 0 bridgehead atoms. The molecule has 1 heterocycles. The second-order valence-corrected chi connectivity index (χ2v) is 11.1. The third kappa shape index (κ3) is 9.61. The molecule has 0 aliphatic heterocycles. The molecule has 6 nitrogen and oxygen atoms in total. The Morgan fingerprint density at radius 1 is 0.800 bits per heavy atom. The van der Waals surface area contributed by atoms with E-state index in [2.05, 4.69) is 4.98 Å². The zero-order valence-corrected chi connectivity index (χ0v) is 25.6. The van der Waals surface area contributed by atoms with E-state index in [0.717, 1.165) is 34.5 Å². The molecule has 0 fully saturated rings. The summed E-state index contributed by atoms with van der Waals surface area (Å²) in [7, 11) is 5.58. The van der Waals surface area contributed by atoms with Gasteiger partial charge in [-0.25, -0.2) is 0 Å². The number of aromatic nitrogens is 1. The standard InChI is InChI=1S/C36H37F3N4O2/c1-41(2)23-24-42(3)35(45)33(25-28-9-5-4-6-10-28)43(26-29-12-17-30(18-13-29)32-11-7-8-22-40-32)34(44)21-16-27-14-19-31(20-15-27)36(37,38)39/h4-22,33H,23-26H2,1-3H3/t33-/m0/s1. The molecule has 1 aromatic heterocycles. The van der Waals surface area contributed by atoms with Crippen LogP contribution in [0, 0.1) is 0 Å². The topological polar surface area (TPSA) is 56.8 Å². The van der Waals surface area contributed by atoms with Gasteiger partial charge >= 0.3 is 6.18 Å². The third-order valence-electron chi connectivity index (χ3n) is 7.40. The summed E-state index contributed by atoms with van der Waals surface area (Å²) in [5, 5.41) is 0. The van der Waals surface area contributed by atoms with Crippen LogP contribution in [0.3, 0.4) is 0 Å². The SMILES string of the molecule is CN(C)CCN(C)C(=O)[C@H](Cc1ccccc1)N(Cc1ccc(-c2ccccn2)cc1)C(=O)C=Cc1ccc(C(F)(F)F)cc1. The van der Waals surface area contributed by atoms with Gasteiger partial charge in [-0.2, -0.15) is 13.2 Å². The second-order valence-electron chi connectivity index (χ2n) is 11.1. The normalized spacial score (nSPS) is 12.3. The lowest BCUT2D eigenvalue weighted by Gasteiger charge is -2.34. The maximum absolute atomic E-state index is 14.0. The quantitative estimate of drug-likeness (QED) is 0.172. The van der Waals surface area contributed by atoms with Gasteiger partial charge in [0, 0.05) is 50.9 Å². The summed E-state index contributed by atoms with van der Waals surface area (Å²) in [6, 6.07) is 26.6. The van der Waals surface area contributed by atoms with Gasteiger partial charge in [0.1, 0.15) is 6.04 Å². The average molecular weight is 615 g/mol. The summed E-state index contributed by atoms with van der Waals surface area (Å²) in [5.41, 5.74) is 3.11. The molecular weight excluding hydrogens is 577 g/mol. The van der Waals surface area contributed by atoms with Crippen molar-refractivity contribution in [1.82, 2.24) is 19.7 Å². The van der Waals surface area contributed by atoms with E-state index in [1.54, 1.807) is 18.1 Å². The Morgan fingerprint density at radius 2 is 1.47 bits per heavy atom. The van der Waals surface area contributed by atoms with E-state index in [0.29, 0.717) is 18.7 Å². The summed E-state index contributed by atoms with van der Waals surface area (Å²) < 4.78 is 39.2. The number of alkyl halides is 3. The minimum atomic E-state index is -4.45. The van der Waals surface area contributed by atoms with Gasteiger partial charge < -0.3 is 14.7 Å². The molecule has 4 rings (SSSR count). The smallest absolute Gasteiger partial charge is 0.343 e. The number of pyridine rings is 1. The maximum Gasteiger partial charge on any atom is 0.416 e. The molecular formula is C36H37F3N4O2. The minimum Gasteiger partial charge on any atom is -0.343 e.